The van der Waals surface area contributed by atoms with E-state index in [2.05, 4.69) is 32.2 Å². The number of carboxylic acids is 1. The van der Waals surface area contributed by atoms with Gasteiger partial charge in [-0.2, -0.15) is 0 Å². The highest BCUT2D eigenvalue weighted by atomic mass is 16.6. The van der Waals surface area contributed by atoms with Gasteiger partial charge in [0.25, 0.3) is 0 Å². The molecule has 166 valence electrons. The van der Waals surface area contributed by atoms with Gasteiger partial charge in [0.05, 0.1) is 5.70 Å². The van der Waals surface area contributed by atoms with Crippen molar-refractivity contribution in [3.63, 3.8) is 0 Å². The van der Waals surface area contributed by atoms with Crippen LogP contribution in [0.2, 0.25) is 0 Å². The molecule has 7 heteroatoms. The second-order valence-corrected chi connectivity index (χ2v) is 8.77. The van der Waals surface area contributed by atoms with Gasteiger partial charge in [0.1, 0.15) is 11.7 Å². The molecular weight excluding hydrogens is 386 g/mol. The van der Waals surface area contributed by atoms with Crippen molar-refractivity contribution in [2.45, 2.75) is 77.6 Å². The normalized spacial score (nSPS) is 27.1. The third kappa shape index (κ3) is 6.92. The molecule has 0 aromatic carbocycles. The molecule has 0 aromatic rings. The molecule has 5 atom stereocenters. The molecule has 1 fully saturated rings. The van der Waals surface area contributed by atoms with Gasteiger partial charge in [0.15, 0.2) is 6.10 Å². The molecule has 1 saturated heterocycles. The van der Waals surface area contributed by atoms with Crippen LogP contribution in [0, 0.1) is 11.8 Å². The number of hydrogen-bond acceptors (Lipinski definition) is 5. The maximum absolute atomic E-state index is 12.4. The highest BCUT2D eigenvalue weighted by molar-refractivity contribution is 6.06. The van der Waals surface area contributed by atoms with E-state index < -0.39 is 29.7 Å². The number of fused-ring (bicyclic) bond motifs is 1. The van der Waals surface area contributed by atoms with E-state index in [-0.39, 0.29) is 30.2 Å². The van der Waals surface area contributed by atoms with Crippen LogP contribution >= 0.6 is 0 Å². The molecule has 0 aromatic heterocycles. The molecule has 0 spiro atoms. The van der Waals surface area contributed by atoms with Crippen LogP contribution in [0.5, 0.6) is 0 Å². The number of epoxide rings is 1. The van der Waals surface area contributed by atoms with Crippen molar-refractivity contribution in [3.8, 4) is 0 Å². The summed E-state index contributed by atoms with van der Waals surface area (Å²) in [6.45, 7) is 8.27. The molecule has 1 aliphatic heterocycles. The first-order chi connectivity index (χ1) is 14.0. The third-order valence-corrected chi connectivity index (χ3v) is 5.32. The number of unbranched alkanes of at least 4 members (excludes halogenated alkanes) is 1. The fraction of sp³-hybridized carbons (Fsp3) is 0.609. The number of ether oxygens (including phenoxy) is 1. The molecule has 2 rings (SSSR count). The summed E-state index contributed by atoms with van der Waals surface area (Å²) in [4.78, 5) is 35.3. The Morgan fingerprint density at radius 1 is 1.27 bits per heavy atom. The van der Waals surface area contributed by atoms with Crippen LogP contribution in [0.15, 0.2) is 35.6 Å². The number of Topliss-reactive ketones (excluding diaryl/α,β-unsaturated/α-hetero) is 1. The Morgan fingerprint density at radius 2 is 1.97 bits per heavy atom. The molecule has 2 aliphatic rings. The SMILES string of the molecule is CC(C)=CC(C)CC(C)/C=C/C(=O)NC1=CC(O)(CCCCC(=O)O)C2OC2C1=O. The zero-order chi connectivity index (χ0) is 22.5. The predicted octanol–water partition coefficient (Wildman–Crippen LogP) is 2.90. The van der Waals surface area contributed by atoms with Gasteiger partial charge >= 0.3 is 5.97 Å². The van der Waals surface area contributed by atoms with E-state index in [9.17, 15) is 19.5 Å². The van der Waals surface area contributed by atoms with Crippen LogP contribution in [0.4, 0.5) is 0 Å². The summed E-state index contributed by atoms with van der Waals surface area (Å²) < 4.78 is 5.33. The lowest BCUT2D eigenvalue weighted by molar-refractivity contribution is -0.137. The summed E-state index contributed by atoms with van der Waals surface area (Å²) in [6.07, 6.45) is 7.50. The zero-order valence-electron chi connectivity index (χ0n) is 18.2. The van der Waals surface area contributed by atoms with Crippen molar-refractivity contribution >= 4 is 17.7 Å². The first-order valence-electron chi connectivity index (χ1n) is 10.5. The predicted molar refractivity (Wildman–Crippen MR) is 112 cm³/mol. The maximum atomic E-state index is 12.4. The topological polar surface area (TPSA) is 116 Å². The number of aliphatic carboxylic acids is 1. The molecule has 0 saturated carbocycles. The van der Waals surface area contributed by atoms with Gasteiger partial charge in [0, 0.05) is 6.42 Å². The van der Waals surface area contributed by atoms with Crippen molar-refractivity contribution < 1.29 is 29.3 Å². The minimum absolute atomic E-state index is 0.0203. The largest absolute Gasteiger partial charge is 0.481 e. The van der Waals surface area contributed by atoms with Gasteiger partial charge in [0.2, 0.25) is 11.7 Å². The van der Waals surface area contributed by atoms with E-state index >= 15 is 0 Å². The Hall–Kier alpha value is -2.25. The molecule has 30 heavy (non-hydrogen) atoms. The molecular formula is C23H33NO6. The quantitative estimate of drug-likeness (QED) is 0.205. The fourth-order valence-electron chi connectivity index (χ4n) is 3.97. The summed E-state index contributed by atoms with van der Waals surface area (Å²) >= 11 is 0. The van der Waals surface area contributed by atoms with E-state index in [0.717, 1.165) is 6.42 Å². The Kier molecular flexibility index (Phi) is 8.15. The van der Waals surface area contributed by atoms with Crippen molar-refractivity contribution in [3.05, 3.63) is 35.6 Å². The lowest BCUT2D eigenvalue weighted by atomic mass is 9.84. The average Bonchev–Trinajstić information content (AvgIpc) is 3.43. The number of hydrogen-bond donors (Lipinski definition) is 3. The Bertz CT molecular complexity index is 764. The highest BCUT2D eigenvalue weighted by Gasteiger charge is 2.60. The number of aliphatic hydroxyl groups is 1. The molecule has 5 unspecified atom stereocenters. The highest BCUT2D eigenvalue weighted by Crippen LogP contribution is 2.42. The summed E-state index contributed by atoms with van der Waals surface area (Å²) in [7, 11) is 0. The van der Waals surface area contributed by atoms with E-state index in [1.54, 1.807) is 0 Å². The minimum atomic E-state index is -1.38. The molecule has 1 heterocycles. The van der Waals surface area contributed by atoms with Gasteiger partial charge in [-0.05, 0) is 63.5 Å². The second kappa shape index (κ2) is 10.2. The first kappa shape index (κ1) is 24.0. The summed E-state index contributed by atoms with van der Waals surface area (Å²) in [5.74, 6) is -1.06. The molecule has 1 amide bonds. The third-order valence-electron chi connectivity index (χ3n) is 5.32. The summed E-state index contributed by atoms with van der Waals surface area (Å²) in [6, 6.07) is 0. The zero-order valence-corrected chi connectivity index (χ0v) is 18.2. The molecule has 1 aliphatic carbocycles. The van der Waals surface area contributed by atoms with Gasteiger partial charge in [-0.3, -0.25) is 14.4 Å². The van der Waals surface area contributed by atoms with Crippen LogP contribution in [0.25, 0.3) is 0 Å². The van der Waals surface area contributed by atoms with Crippen LogP contribution in [-0.2, 0) is 19.1 Å². The van der Waals surface area contributed by atoms with Crippen molar-refractivity contribution in [2.75, 3.05) is 0 Å². The lowest BCUT2D eigenvalue weighted by Gasteiger charge is -2.26. The van der Waals surface area contributed by atoms with Crippen molar-refractivity contribution in [2.24, 2.45) is 11.8 Å². The number of amides is 1. The monoisotopic (exact) mass is 419 g/mol. The van der Waals surface area contributed by atoms with Crippen LogP contribution in [0.3, 0.4) is 0 Å². The Labute approximate surface area is 177 Å². The summed E-state index contributed by atoms with van der Waals surface area (Å²) in [5, 5.41) is 22.2. The Morgan fingerprint density at radius 3 is 2.60 bits per heavy atom. The number of rotatable bonds is 11. The fourth-order valence-corrected chi connectivity index (χ4v) is 3.97. The number of carbonyl (C=O) groups is 3. The second-order valence-electron chi connectivity index (χ2n) is 8.77. The van der Waals surface area contributed by atoms with E-state index in [1.165, 1.54) is 17.7 Å². The number of allylic oxidation sites excluding steroid dienone is 3. The van der Waals surface area contributed by atoms with Crippen LogP contribution in [-0.4, -0.2) is 45.7 Å². The lowest BCUT2D eigenvalue weighted by Crippen LogP contribution is -2.43. The molecule has 0 bridgehead atoms. The summed E-state index contributed by atoms with van der Waals surface area (Å²) in [5.41, 5.74) is -0.0823. The number of carbonyl (C=O) groups excluding carboxylic acids is 2. The van der Waals surface area contributed by atoms with Gasteiger partial charge in [-0.1, -0.05) is 31.6 Å². The van der Waals surface area contributed by atoms with Gasteiger partial charge in [-0.15, -0.1) is 0 Å². The van der Waals surface area contributed by atoms with E-state index in [1.807, 2.05) is 13.0 Å². The van der Waals surface area contributed by atoms with Crippen molar-refractivity contribution in [1.82, 2.24) is 5.32 Å². The maximum Gasteiger partial charge on any atom is 0.303 e. The van der Waals surface area contributed by atoms with Crippen molar-refractivity contribution in [1.29, 1.82) is 0 Å². The minimum Gasteiger partial charge on any atom is -0.481 e. The van der Waals surface area contributed by atoms with Gasteiger partial charge in [-0.25, -0.2) is 0 Å². The molecule has 3 N–H and O–H groups in total. The number of carboxylic acid groups (broad SMARTS) is 1. The first-order valence-corrected chi connectivity index (χ1v) is 10.5. The van der Waals surface area contributed by atoms with E-state index in [4.69, 9.17) is 9.84 Å². The molecule has 7 nitrogen and oxygen atoms in total. The standard InChI is InChI=1S/C23H33NO6/c1-14(2)11-16(4)12-15(3)8-9-18(25)24-17-13-23(29,10-6-5-7-19(26)27)22-21(30-22)20(17)28/h8-9,11,13,15-16,21-22,29H,5-7,10,12H2,1-4H3,(H,24,25)(H,26,27)/b9-8+. The van der Waals surface area contributed by atoms with Crippen LogP contribution < -0.4 is 5.32 Å². The Balaban J connectivity index is 1.94. The van der Waals surface area contributed by atoms with Gasteiger partial charge < -0.3 is 20.3 Å². The average molecular weight is 420 g/mol. The van der Waals surface area contributed by atoms with E-state index in [0.29, 0.717) is 18.8 Å². The van der Waals surface area contributed by atoms with Crippen LogP contribution in [0.1, 0.15) is 59.8 Å². The smallest absolute Gasteiger partial charge is 0.303 e. The molecule has 0 radical (unpaired) electrons. The number of ketones is 1. The number of nitrogens with one attached hydrogen (secondary N) is 1.